The minimum atomic E-state index is -3.65. The molecule has 0 saturated carbocycles. The molecule has 8 nitrogen and oxygen atoms in total. The largest absolute Gasteiger partial charge is 0.364 e. The number of H-pyrrole nitrogens is 1. The third-order valence-corrected chi connectivity index (χ3v) is 4.04. The predicted molar refractivity (Wildman–Crippen MR) is 71.1 cm³/mol. The summed E-state index contributed by atoms with van der Waals surface area (Å²) in [6.45, 7) is 3.38. The van der Waals surface area contributed by atoms with E-state index in [9.17, 15) is 8.42 Å². The third-order valence-electron chi connectivity index (χ3n) is 2.62. The molecule has 0 spiro atoms. The molecule has 3 N–H and O–H groups in total. The van der Waals surface area contributed by atoms with E-state index in [0.717, 1.165) is 13.0 Å². The Labute approximate surface area is 117 Å². The Morgan fingerprint density at radius 3 is 2.95 bits per heavy atom. The van der Waals surface area contributed by atoms with Crippen LogP contribution in [0, 0.1) is 0 Å². The first-order valence-electron chi connectivity index (χ1n) is 6.25. The summed E-state index contributed by atoms with van der Waals surface area (Å²) in [5.74, 6) is 0. The van der Waals surface area contributed by atoms with Crippen molar-refractivity contribution in [1.82, 2.24) is 25.4 Å². The zero-order valence-electron chi connectivity index (χ0n) is 11.1. The van der Waals surface area contributed by atoms with Crippen molar-refractivity contribution in [1.29, 1.82) is 0 Å². The lowest BCUT2D eigenvalue weighted by Crippen LogP contribution is -2.25. The van der Waals surface area contributed by atoms with Gasteiger partial charge >= 0.3 is 0 Å². The summed E-state index contributed by atoms with van der Waals surface area (Å²) in [6.07, 6.45) is 3.87. The molecule has 0 aliphatic heterocycles. The zero-order chi connectivity index (χ0) is 14.4. The second-order valence-electron chi connectivity index (χ2n) is 4.22. The van der Waals surface area contributed by atoms with Gasteiger partial charge in [0.1, 0.15) is 6.26 Å². The zero-order valence-corrected chi connectivity index (χ0v) is 11.9. The predicted octanol–water partition coefficient (Wildman–Crippen LogP) is 0.376. The van der Waals surface area contributed by atoms with Gasteiger partial charge in [-0.1, -0.05) is 12.1 Å². The number of aromatic nitrogens is 3. The maximum atomic E-state index is 12.2. The molecular formula is C11H17N5O3S. The molecule has 2 rings (SSSR count). The Balaban J connectivity index is 2.03. The van der Waals surface area contributed by atoms with Crippen molar-refractivity contribution in [2.75, 3.05) is 6.54 Å². The monoisotopic (exact) mass is 299 g/mol. The molecule has 0 aliphatic carbocycles. The molecule has 0 aromatic carbocycles. The van der Waals surface area contributed by atoms with E-state index in [4.69, 9.17) is 0 Å². The van der Waals surface area contributed by atoms with Gasteiger partial charge in [0.2, 0.25) is 0 Å². The maximum absolute atomic E-state index is 12.2. The van der Waals surface area contributed by atoms with E-state index < -0.39 is 10.0 Å². The Bertz CT molecular complexity index is 620. The molecule has 0 atom stereocenters. The van der Waals surface area contributed by atoms with Crippen LogP contribution in [0.2, 0.25) is 0 Å². The maximum Gasteiger partial charge on any atom is 0.258 e. The highest BCUT2D eigenvalue weighted by atomic mass is 32.2. The van der Waals surface area contributed by atoms with Gasteiger partial charge in [-0.05, 0) is 13.0 Å². The molecule has 2 aromatic rings. The van der Waals surface area contributed by atoms with Crippen LogP contribution < -0.4 is 10.0 Å². The average molecular weight is 299 g/mol. The molecule has 2 aromatic heterocycles. The van der Waals surface area contributed by atoms with Crippen LogP contribution in [-0.2, 0) is 23.1 Å². The molecule has 0 fully saturated rings. The molecule has 0 unspecified atom stereocenters. The lowest BCUT2D eigenvalue weighted by Gasteiger charge is -2.06. The van der Waals surface area contributed by atoms with Gasteiger partial charge in [0.25, 0.3) is 10.0 Å². The van der Waals surface area contributed by atoms with Crippen LogP contribution in [0.25, 0.3) is 0 Å². The summed E-state index contributed by atoms with van der Waals surface area (Å²) in [6, 6.07) is 1.60. The number of hydrogen-bond acceptors (Lipinski definition) is 6. The molecule has 0 saturated heterocycles. The van der Waals surface area contributed by atoms with Crippen molar-refractivity contribution >= 4 is 10.0 Å². The van der Waals surface area contributed by atoms with E-state index in [2.05, 4.69) is 29.9 Å². The molecule has 110 valence electrons. The van der Waals surface area contributed by atoms with Crippen molar-refractivity contribution in [3.63, 3.8) is 0 Å². The fourth-order valence-electron chi connectivity index (χ4n) is 1.63. The molecule has 0 amide bonds. The van der Waals surface area contributed by atoms with E-state index in [0.29, 0.717) is 17.8 Å². The molecule has 0 aliphatic rings. The topological polar surface area (TPSA) is 113 Å². The van der Waals surface area contributed by atoms with Crippen LogP contribution in [0.5, 0.6) is 0 Å². The molecule has 0 radical (unpaired) electrons. The van der Waals surface area contributed by atoms with Gasteiger partial charge in [-0.15, -0.1) is 0 Å². The van der Waals surface area contributed by atoms with Crippen molar-refractivity contribution in [3.8, 4) is 0 Å². The molecule has 0 bridgehead atoms. The van der Waals surface area contributed by atoms with Crippen LogP contribution in [-0.4, -0.2) is 30.3 Å². The molecule has 20 heavy (non-hydrogen) atoms. The number of rotatable bonds is 8. The summed E-state index contributed by atoms with van der Waals surface area (Å²) in [5, 5.41) is 13.2. The molecular weight excluding hydrogens is 282 g/mol. The third kappa shape index (κ3) is 3.65. The molecule has 2 heterocycles. The first-order valence-corrected chi connectivity index (χ1v) is 7.73. The van der Waals surface area contributed by atoms with Crippen LogP contribution >= 0.6 is 0 Å². The summed E-state index contributed by atoms with van der Waals surface area (Å²) in [7, 11) is -3.65. The fourth-order valence-corrected chi connectivity index (χ4v) is 2.75. The SMILES string of the molecule is CCCNCc1cn[nH]c1S(=O)(=O)NCc1ccon1. The first kappa shape index (κ1) is 14.7. The number of nitrogens with one attached hydrogen (secondary N) is 3. The van der Waals surface area contributed by atoms with Crippen LogP contribution in [0.15, 0.2) is 28.1 Å². The number of sulfonamides is 1. The van der Waals surface area contributed by atoms with Gasteiger partial charge in [0, 0.05) is 18.2 Å². The Kier molecular flexibility index (Phi) is 4.88. The highest BCUT2D eigenvalue weighted by Crippen LogP contribution is 2.12. The van der Waals surface area contributed by atoms with E-state index in [1.54, 1.807) is 6.07 Å². The van der Waals surface area contributed by atoms with Gasteiger partial charge < -0.3 is 9.84 Å². The summed E-state index contributed by atoms with van der Waals surface area (Å²) in [5.41, 5.74) is 1.12. The fraction of sp³-hybridized carbons (Fsp3) is 0.455. The van der Waals surface area contributed by atoms with Gasteiger partial charge in [-0.25, -0.2) is 13.1 Å². The van der Waals surface area contributed by atoms with Crippen LogP contribution in [0.1, 0.15) is 24.6 Å². The minimum absolute atomic E-state index is 0.0691. The average Bonchev–Trinajstić information content (AvgIpc) is 3.08. The Morgan fingerprint density at radius 1 is 1.40 bits per heavy atom. The minimum Gasteiger partial charge on any atom is -0.364 e. The van der Waals surface area contributed by atoms with Gasteiger partial charge in [0.15, 0.2) is 5.03 Å². The van der Waals surface area contributed by atoms with Gasteiger partial charge in [-0.3, -0.25) is 5.10 Å². The summed E-state index contributed by atoms with van der Waals surface area (Å²) >= 11 is 0. The second-order valence-corrected chi connectivity index (χ2v) is 5.92. The summed E-state index contributed by atoms with van der Waals surface area (Å²) < 4.78 is 31.4. The van der Waals surface area contributed by atoms with E-state index in [-0.39, 0.29) is 11.6 Å². The number of hydrogen-bond donors (Lipinski definition) is 3. The highest BCUT2D eigenvalue weighted by molar-refractivity contribution is 7.89. The molecule has 9 heteroatoms. The quantitative estimate of drug-likeness (QED) is 0.607. The standard InChI is InChI=1S/C11H17N5O3S/c1-2-4-12-6-9-7-13-15-11(9)20(17,18)14-8-10-3-5-19-16-10/h3,5,7,12,14H,2,4,6,8H2,1H3,(H,13,15). The van der Waals surface area contributed by atoms with Gasteiger partial charge in [0.05, 0.1) is 18.4 Å². The first-order chi connectivity index (χ1) is 9.63. The van der Waals surface area contributed by atoms with Crippen LogP contribution in [0.4, 0.5) is 0 Å². The lowest BCUT2D eigenvalue weighted by molar-refractivity contribution is 0.411. The van der Waals surface area contributed by atoms with Crippen molar-refractivity contribution in [3.05, 3.63) is 29.8 Å². The summed E-state index contributed by atoms with van der Waals surface area (Å²) in [4.78, 5) is 0. The smallest absolute Gasteiger partial charge is 0.258 e. The van der Waals surface area contributed by atoms with Crippen molar-refractivity contribution < 1.29 is 12.9 Å². The van der Waals surface area contributed by atoms with Crippen molar-refractivity contribution in [2.24, 2.45) is 0 Å². The Hall–Kier alpha value is -1.71. The van der Waals surface area contributed by atoms with E-state index in [1.165, 1.54) is 12.5 Å². The van der Waals surface area contributed by atoms with Crippen LogP contribution in [0.3, 0.4) is 0 Å². The van der Waals surface area contributed by atoms with Crippen molar-refractivity contribution in [2.45, 2.75) is 31.5 Å². The van der Waals surface area contributed by atoms with E-state index in [1.807, 2.05) is 6.92 Å². The normalized spacial score (nSPS) is 11.8. The number of aromatic amines is 1. The highest BCUT2D eigenvalue weighted by Gasteiger charge is 2.20. The number of nitrogens with zero attached hydrogens (tertiary/aromatic N) is 2. The lowest BCUT2D eigenvalue weighted by atomic mass is 10.3. The van der Waals surface area contributed by atoms with E-state index >= 15 is 0 Å². The Morgan fingerprint density at radius 2 is 2.25 bits per heavy atom. The second kappa shape index (κ2) is 6.64. The van der Waals surface area contributed by atoms with Gasteiger partial charge in [-0.2, -0.15) is 5.10 Å².